The number of halogens is 3. The molecule has 102 valence electrons. The summed E-state index contributed by atoms with van der Waals surface area (Å²) in [6.45, 7) is -0.855. The van der Waals surface area contributed by atoms with Gasteiger partial charge >= 0.3 is 5.92 Å². The van der Waals surface area contributed by atoms with E-state index in [4.69, 9.17) is 21.6 Å². The minimum Gasteiger partial charge on any atom is -0.485 e. The van der Waals surface area contributed by atoms with Gasteiger partial charge < -0.3 is 4.74 Å². The zero-order valence-electron chi connectivity index (χ0n) is 10.3. The first-order chi connectivity index (χ1) is 9.54. The van der Waals surface area contributed by atoms with Gasteiger partial charge in [0.25, 0.3) is 0 Å². The highest BCUT2D eigenvalue weighted by molar-refractivity contribution is 6.31. The third-order valence-corrected chi connectivity index (χ3v) is 3.01. The van der Waals surface area contributed by atoms with Crippen LogP contribution in [0, 0.1) is 11.3 Å². The van der Waals surface area contributed by atoms with Gasteiger partial charge in [0.05, 0.1) is 5.02 Å². The van der Waals surface area contributed by atoms with Crippen LogP contribution in [0.1, 0.15) is 11.1 Å². The van der Waals surface area contributed by atoms with Gasteiger partial charge in [0, 0.05) is 5.56 Å². The van der Waals surface area contributed by atoms with E-state index in [1.807, 2.05) is 6.07 Å². The van der Waals surface area contributed by atoms with Crippen molar-refractivity contribution in [3.63, 3.8) is 0 Å². The normalized spacial score (nSPS) is 10.9. The van der Waals surface area contributed by atoms with Gasteiger partial charge in [-0.3, -0.25) is 0 Å². The number of hydrogen-bond donors (Lipinski definition) is 0. The summed E-state index contributed by atoms with van der Waals surface area (Å²) in [5.41, 5.74) is -0.0847. The molecule has 0 N–H and O–H groups in total. The number of hydrogen-bond acceptors (Lipinski definition) is 2. The average molecular weight is 294 g/mol. The molecule has 0 aliphatic carbocycles. The molecule has 0 amide bonds. The fourth-order valence-corrected chi connectivity index (χ4v) is 1.87. The molecule has 2 nitrogen and oxygen atoms in total. The molecular weight excluding hydrogens is 284 g/mol. The van der Waals surface area contributed by atoms with Crippen LogP contribution in [0.25, 0.3) is 0 Å². The Morgan fingerprint density at radius 3 is 2.45 bits per heavy atom. The van der Waals surface area contributed by atoms with Crippen molar-refractivity contribution in [3.05, 3.63) is 64.7 Å². The summed E-state index contributed by atoms with van der Waals surface area (Å²) in [5, 5.41) is 9.12. The fourth-order valence-electron chi connectivity index (χ4n) is 1.67. The molecule has 0 unspecified atom stereocenters. The van der Waals surface area contributed by atoms with Crippen LogP contribution >= 0.6 is 11.6 Å². The van der Waals surface area contributed by atoms with E-state index in [2.05, 4.69) is 0 Å². The number of nitriles is 1. The molecule has 2 aromatic rings. The molecule has 0 saturated carbocycles. The summed E-state index contributed by atoms with van der Waals surface area (Å²) < 4.78 is 32.9. The smallest absolute Gasteiger partial charge is 0.306 e. The monoisotopic (exact) mass is 293 g/mol. The van der Waals surface area contributed by atoms with Crippen molar-refractivity contribution < 1.29 is 13.5 Å². The first kappa shape index (κ1) is 14.3. The lowest BCUT2D eigenvalue weighted by molar-refractivity contribution is -0.0467. The Morgan fingerprint density at radius 1 is 1.10 bits per heavy atom. The summed E-state index contributed by atoms with van der Waals surface area (Å²) in [5.74, 6) is -3.09. The largest absolute Gasteiger partial charge is 0.485 e. The van der Waals surface area contributed by atoms with E-state index in [-0.39, 0.29) is 21.9 Å². The minimum atomic E-state index is -3.14. The maximum Gasteiger partial charge on any atom is 0.306 e. The van der Waals surface area contributed by atoms with Crippen molar-refractivity contribution in [2.24, 2.45) is 0 Å². The van der Waals surface area contributed by atoms with Crippen LogP contribution in [0.4, 0.5) is 8.78 Å². The van der Waals surface area contributed by atoms with Crippen LogP contribution < -0.4 is 4.74 Å². The average Bonchev–Trinajstić information content (AvgIpc) is 2.46. The van der Waals surface area contributed by atoms with Gasteiger partial charge in [-0.2, -0.15) is 14.0 Å². The van der Waals surface area contributed by atoms with Gasteiger partial charge in [-0.15, -0.1) is 0 Å². The molecule has 0 atom stereocenters. The van der Waals surface area contributed by atoms with Crippen molar-refractivity contribution >= 4 is 11.6 Å². The van der Waals surface area contributed by atoms with E-state index in [9.17, 15) is 8.78 Å². The van der Waals surface area contributed by atoms with Crippen LogP contribution in [0.5, 0.6) is 5.75 Å². The Labute approximate surface area is 120 Å². The number of alkyl halides is 2. The molecule has 2 rings (SSSR count). The zero-order chi connectivity index (χ0) is 14.6. The van der Waals surface area contributed by atoms with Gasteiger partial charge in [-0.05, 0) is 12.1 Å². The Hall–Kier alpha value is -2.12. The lowest BCUT2D eigenvalue weighted by atomic mass is 10.1. The Morgan fingerprint density at radius 2 is 1.80 bits per heavy atom. The van der Waals surface area contributed by atoms with E-state index in [0.717, 1.165) is 0 Å². The molecular formula is C15H10ClF2NO. The van der Waals surface area contributed by atoms with Gasteiger partial charge in [-0.1, -0.05) is 48.0 Å². The van der Waals surface area contributed by atoms with Crippen molar-refractivity contribution in [2.45, 2.75) is 5.92 Å². The summed E-state index contributed by atoms with van der Waals surface area (Å²) in [4.78, 5) is 0. The van der Waals surface area contributed by atoms with Crippen molar-refractivity contribution in [3.8, 4) is 11.8 Å². The maximum atomic E-state index is 13.9. The van der Waals surface area contributed by atoms with Crippen molar-refractivity contribution in [2.75, 3.05) is 6.61 Å². The third kappa shape index (κ3) is 3.06. The molecule has 2 aromatic carbocycles. The van der Waals surface area contributed by atoms with Crippen LogP contribution in [0.15, 0.2) is 48.5 Å². The Balaban J connectivity index is 2.17. The second-order valence-electron chi connectivity index (χ2n) is 4.08. The van der Waals surface area contributed by atoms with E-state index in [0.29, 0.717) is 0 Å². The SMILES string of the molecule is N#Cc1c(Cl)cccc1OCC(F)(F)c1ccccc1. The number of benzene rings is 2. The first-order valence-corrected chi connectivity index (χ1v) is 6.17. The highest BCUT2D eigenvalue weighted by atomic mass is 35.5. The highest BCUT2D eigenvalue weighted by Crippen LogP contribution is 2.31. The summed E-state index contributed by atoms with van der Waals surface area (Å²) in [6.07, 6.45) is 0. The van der Waals surface area contributed by atoms with Gasteiger partial charge in [-0.25, -0.2) is 0 Å². The van der Waals surface area contributed by atoms with E-state index in [1.54, 1.807) is 12.1 Å². The summed E-state index contributed by atoms with van der Waals surface area (Å²) >= 11 is 5.81. The van der Waals surface area contributed by atoms with Gasteiger partial charge in [0.2, 0.25) is 0 Å². The predicted octanol–water partition coefficient (Wildman–Crippen LogP) is 4.38. The predicted molar refractivity (Wildman–Crippen MR) is 72.0 cm³/mol. The molecule has 5 heteroatoms. The maximum absolute atomic E-state index is 13.9. The quantitative estimate of drug-likeness (QED) is 0.838. The summed E-state index contributed by atoms with van der Waals surface area (Å²) in [6, 6.07) is 13.7. The van der Waals surface area contributed by atoms with Crippen molar-refractivity contribution in [1.29, 1.82) is 5.26 Å². The molecule has 0 radical (unpaired) electrons. The van der Waals surface area contributed by atoms with E-state index in [1.165, 1.54) is 36.4 Å². The second kappa shape index (κ2) is 5.89. The molecule has 0 spiro atoms. The standard InChI is InChI=1S/C15H10ClF2NO/c16-13-7-4-8-14(12(13)9-19)20-10-15(17,18)11-5-2-1-3-6-11/h1-8H,10H2. The number of nitrogens with zero attached hydrogens (tertiary/aromatic N) is 1. The van der Waals surface area contributed by atoms with Gasteiger partial charge in [0.15, 0.2) is 6.61 Å². The molecule has 0 fully saturated rings. The molecule has 0 saturated heterocycles. The van der Waals surface area contributed by atoms with Crippen LogP contribution in [0.2, 0.25) is 5.02 Å². The minimum absolute atomic E-state index is 0.0515. The summed E-state index contributed by atoms with van der Waals surface area (Å²) in [7, 11) is 0. The molecule has 0 aromatic heterocycles. The first-order valence-electron chi connectivity index (χ1n) is 5.79. The lowest BCUT2D eigenvalue weighted by Crippen LogP contribution is -2.23. The Kier molecular flexibility index (Phi) is 4.21. The topological polar surface area (TPSA) is 33.0 Å². The molecule has 0 aliphatic rings. The van der Waals surface area contributed by atoms with Crippen molar-refractivity contribution in [1.82, 2.24) is 0 Å². The van der Waals surface area contributed by atoms with E-state index >= 15 is 0 Å². The fraction of sp³-hybridized carbons (Fsp3) is 0.133. The molecule has 0 heterocycles. The van der Waals surface area contributed by atoms with Crippen LogP contribution in [0.3, 0.4) is 0 Å². The van der Waals surface area contributed by atoms with Gasteiger partial charge in [0.1, 0.15) is 17.4 Å². The zero-order valence-corrected chi connectivity index (χ0v) is 11.1. The number of ether oxygens (including phenoxy) is 1. The van der Waals surface area contributed by atoms with Crippen LogP contribution in [-0.4, -0.2) is 6.61 Å². The highest BCUT2D eigenvalue weighted by Gasteiger charge is 2.32. The Bertz CT molecular complexity index is 638. The number of rotatable bonds is 4. The lowest BCUT2D eigenvalue weighted by Gasteiger charge is -2.18. The molecule has 0 aliphatic heterocycles. The third-order valence-electron chi connectivity index (χ3n) is 2.69. The van der Waals surface area contributed by atoms with Crippen LogP contribution in [-0.2, 0) is 5.92 Å². The molecule has 20 heavy (non-hydrogen) atoms. The second-order valence-corrected chi connectivity index (χ2v) is 4.49. The van der Waals surface area contributed by atoms with E-state index < -0.39 is 12.5 Å². The molecule has 0 bridgehead atoms.